The van der Waals surface area contributed by atoms with Gasteiger partial charge in [-0.05, 0) is 17.2 Å². The van der Waals surface area contributed by atoms with E-state index in [4.69, 9.17) is 20.6 Å². The summed E-state index contributed by atoms with van der Waals surface area (Å²) in [6, 6.07) is 4.32. The van der Waals surface area contributed by atoms with Gasteiger partial charge in [-0.3, -0.25) is 9.36 Å². The van der Waals surface area contributed by atoms with Crippen LogP contribution in [0.2, 0.25) is 0 Å². The average molecular weight is 245 g/mol. The monoisotopic (exact) mass is 245 g/mol. The smallest absolute Gasteiger partial charge is 0.329 e. The fourth-order valence-electron chi connectivity index (χ4n) is 1.31. The number of hydrogen-bond donors (Lipinski definition) is 4. The van der Waals surface area contributed by atoms with Gasteiger partial charge in [0, 0.05) is 5.69 Å². The Morgan fingerprint density at radius 1 is 1.38 bits per heavy atom. The topological polar surface area (TPSA) is 121 Å². The van der Waals surface area contributed by atoms with Gasteiger partial charge in [0.1, 0.15) is 0 Å². The zero-order valence-corrected chi connectivity index (χ0v) is 9.22. The summed E-state index contributed by atoms with van der Waals surface area (Å²) in [5.74, 6) is -1.04. The molecule has 0 atom stereocenters. The minimum absolute atomic E-state index is 0.263. The van der Waals surface area contributed by atoms with Crippen LogP contribution in [0.25, 0.3) is 0 Å². The lowest BCUT2D eigenvalue weighted by molar-refractivity contribution is -0.136. The number of carboxylic acid groups (broad SMARTS) is 1. The molecule has 1 aromatic carbocycles. The van der Waals surface area contributed by atoms with Gasteiger partial charge in [0.25, 0.3) is 0 Å². The zero-order chi connectivity index (χ0) is 12.3. The van der Waals surface area contributed by atoms with Crippen molar-refractivity contribution in [2.45, 2.75) is 12.6 Å². The zero-order valence-electron chi connectivity index (χ0n) is 8.33. The fourth-order valence-corrected chi connectivity index (χ4v) is 1.98. The average Bonchev–Trinajstić information content (AvgIpc) is 2.07. The Hall–Kier alpha value is -1.36. The Kier molecular flexibility index (Phi) is 3.70. The van der Waals surface area contributed by atoms with Crippen molar-refractivity contribution in [3.63, 3.8) is 0 Å². The molecule has 0 unspecified atom stereocenters. The van der Waals surface area contributed by atoms with Crippen LogP contribution >= 0.6 is 7.60 Å². The van der Waals surface area contributed by atoms with Crippen LogP contribution in [0.3, 0.4) is 0 Å². The number of nitrogens with two attached hydrogens (primary N) is 1. The molecule has 0 aliphatic rings. The summed E-state index contributed by atoms with van der Waals surface area (Å²) >= 11 is 0. The lowest BCUT2D eigenvalue weighted by Gasteiger charge is -2.08. The second-order valence-corrected chi connectivity index (χ2v) is 5.07. The van der Waals surface area contributed by atoms with Crippen molar-refractivity contribution in [1.29, 1.82) is 0 Å². The maximum absolute atomic E-state index is 10.8. The Morgan fingerprint density at radius 3 is 2.50 bits per heavy atom. The third-order valence-electron chi connectivity index (χ3n) is 1.94. The largest absolute Gasteiger partial charge is 0.481 e. The van der Waals surface area contributed by atoms with E-state index < -0.39 is 19.7 Å². The van der Waals surface area contributed by atoms with E-state index in [1.165, 1.54) is 18.2 Å². The molecule has 1 rings (SSSR count). The lowest BCUT2D eigenvalue weighted by Crippen LogP contribution is -2.04. The third kappa shape index (κ3) is 4.02. The number of carboxylic acids is 1. The molecule has 0 aromatic heterocycles. The molecular weight excluding hydrogens is 233 g/mol. The van der Waals surface area contributed by atoms with E-state index in [0.29, 0.717) is 16.8 Å². The van der Waals surface area contributed by atoms with Crippen LogP contribution in [0.15, 0.2) is 18.2 Å². The molecule has 5 N–H and O–H groups in total. The Bertz CT molecular complexity index is 453. The number of nitrogen functional groups attached to an aromatic ring is 1. The van der Waals surface area contributed by atoms with Gasteiger partial charge in [0.2, 0.25) is 0 Å². The Balaban J connectivity index is 2.98. The molecule has 0 bridgehead atoms. The van der Waals surface area contributed by atoms with E-state index in [0.717, 1.165) is 0 Å². The van der Waals surface area contributed by atoms with Crippen LogP contribution < -0.4 is 5.73 Å². The fraction of sp³-hybridized carbons (Fsp3) is 0.222. The van der Waals surface area contributed by atoms with Crippen molar-refractivity contribution in [3.8, 4) is 0 Å². The summed E-state index contributed by atoms with van der Waals surface area (Å²) in [6.45, 7) is 0. The summed E-state index contributed by atoms with van der Waals surface area (Å²) in [6.07, 6.45) is -0.680. The highest BCUT2D eigenvalue weighted by Crippen LogP contribution is 2.39. The molecule has 0 heterocycles. The molecule has 0 saturated heterocycles. The van der Waals surface area contributed by atoms with Gasteiger partial charge < -0.3 is 20.6 Å². The Labute approximate surface area is 91.9 Å². The first-order chi connectivity index (χ1) is 7.28. The van der Waals surface area contributed by atoms with E-state index in [2.05, 4.69) is 0 Å². The molecule has 0 spiro atoms. The van der Waals surface area contributed by atoms with Crippen molar-refractivity contribution in [2.24, 2.45) is 0 Å². The molecule has 6 nitrogen and oxygen atoms in total. The lowest BCUT2D eigenvalue weighted by atomic mass is 10.1. The van der Waals surface area contributed by atoms with E-state index in [1.54, 1.807) is 0 Å². The maximum Gasteiger partial charge on any atom is 0.329 e. The van der Waals surface area contributed by atoms with E-state index >= 15 is 0 Å². The quantitative estimate of drug-likeness (QED) is 0.454. The van der Waals surface area contributed by atoms with Gasteiger partial charge in [-0.2, -0.15) is 0 Å². The molecule has 0 saturated carbocycles. The van der Waals surface area contributed by atoms with Gasteiger partial charge in [-0.15, -0.1) is 0 Å². The van der Waals surface area contributed by atoms with Crippen molar-refractivity contribution in [1.82, 2.24) is 0 Å². The van der Waals surface area contributed by atoms with Gasteiger partial charge >= 0.3 is 13.6 Å². The summed E-state index contributed by atoms with van der Waals surface area (Å²) in [5, 5.41) is 8.61. The normalized spacial score (nSPS) is 11.4. The van der Waals surface area contributed by atoms with Gasteiger partial charge in [0.05, 0.1) is 12.6 Å². The molecule has 0 aliphatic carbocycles. The first-order valence-corrected chi connectivity index (χ1v) is 6.21. The molecule has 0 radical (unpaired) electrons. The first-order valence-electron chi connectivity index (χ1n) is 4.41. The highest BCUT2D eigenvalue weighted by atomic mass is 31.2. The molecule has 88 valence electrons. The highest BCUT2D eigenvalue weighted by Gasteiger charge is 2.15. The highest BCUT2D eigenvalue weighted by molar-refractivity contribution is 7.50. The van der Waals surface area contributed by atoms with E-state index in [-0.39, 0.29) is 6.42 Å². The molecule has 0 amide bonds. The van der Waals surface area contributed by atoms with E-state index in [1.807, 2.05) is 0 Å². The maximum atomic E-state index is 10.8. The summed E-state index contributed by atoms with van der Waals surface area (Å²) in [5.41, 5.74) is 6.58. The molecule has 7 heteroatoms. The molecule has 16 heavy (non-hydrogen) atoms. The molecule has 0 aliphatic heterocycles. The molecular formula is C9H12NO5P. The minimum atomic E-state index is -4.15. The predicted molar refractivity (Wildman–Crippen MR) is 57.9 cm³/mol. The number of rotatable bonds is 4. The van der Waals surface area contributed by atoms with Crippen molar-refractivity contribution >= 4 is 19.3 Å². The van der Waals surface area contributed by atoms with Crippen LogP contribution in [-0.4, -0.2) is 20.9 Å². The SMILES string of the molecule is Nc1ccc(CP(=O)(O)O)cc1CC(=O)O. The summed E-state index contributed by atoms with van der Waals surface area (Å²) in [4.78, 5) is 28.1. The number of anilines is 1. The van der Waals surface area contributed by atoms with Gasteiger partial charge in [-0.1, -0.05) is 12.1 Å². The molecule has 1 aromatic rings. The third-order valence-corrected chi connectivity index (χ3v) is 2.71. The molecule has 0 fully saturated rings. The summed E-state index contributed by atoms with van der Waals surface area (Å²) in [7, 11) is -4.15. The number of aliphatic carboxylic acids is 1. The van der Waals surface area contributed by atoms with Crippen LogP contribution in [0, 0.1) is 0 Å². The van der Waals surface area contributed by atoms with Crippen molar-refractivity contribution < 1.29 is 24.3 Å². The van der Waals surface area contributed by atoms with Gasteiger partial charge in [0.15, 0.2) is 0 Å². The second-order valence-electron chi connectivity index (χ2n) is 3.43. The number of carbonyl (C=O) groups is 1. The van der Waals surface area contributed by atoms with Crippen LogP contribution in [0.4, 0.5) is 5.69 Å². The number of benzene rings is 1. The standard InChI is InChI=1S/C9H12NO5P/c10-8-2-1-6(5-16(13,14)15)3-7(8)4-9(11)12/h1-3H,4-5,10H2,(H,11,12)(H2,13,14,15). The summed E-state index contributed by atoms with van der Waals surface area (Å²) < 4.78 is 10.8. The van der Waals surface area contributed by atoms with Crippen molar-refractivity contribution in [3.05, 3.63) is 29.3 Å². The predicted octanol–water partition coefficient (Wildman–Crippen LogP) is 0.574. The van der Waals surface area contributed by atoms with E-state index in [9.17, 15) is 9.36 Å². The second kappa shape index (κ2) is 4.65. The Morgan fingerprint density at radius 2 is 2.00 bits per heavy atom. The van der Waals surface area contributed by atoms with Crippen molar-refractivity contribution in [2.75, 3.05) is 5.73 Å². The minimum Gasteiger partial charge on any atom is -0.481 e. The van der Waals surface area contributed by atoms with Crippen LogP contribution in [-0.2, 0) is 21.9 Å². The number of hydrogen-bond acceptors (Lipinski definition) is 3. The first kappa shape index (κ1) is 12.7. The van der Waals surface area contributed by atoms with Crippen LogP contribution in [0.5, 0.6) is 0 Å². The van der Waals surface area contributed by atoms with Gasteiger partial charge in [-0.25, -0.2) is 0 Å². The van der Waals surface area contributed by atoms with Crippen LogP contribution in [0.1, 0.15) is 11.1 Å².